The lowest BCUT2D eigenvalue weighted by molar-refractivity contribution is -0.384. The van der Waals surface area contributed by atoms with Gasteiger partial charge in [-0.2, -0.15) is 0 Å². The van der Waals surface area contributed by atoms with Gasteiger partial charge in [-0.3, -0.25) is 34.2 Å². The fraction of sp³-hybridized carbons (Fsp3) is 0.333. The average molecular weight is 498 g/mol. The Morgan fingerprint density at radius 2 is 1.77 bits per heavy atom. The first-order valence-corrected chi connectivity index (χ1v) is 11.4. The van der Waals surface area contributed by atoms with Crippen molar-refractivity contribution >= 4 is 40.8 Å². The molecule has 0 aliphatic carbocycles. The summed E-state index contributed by atoms with van der Waals surface area (Å²) in [6.45, 7) is 1.95. The Balaban J connectivity index is 1.26. The fourth-order valence-electron chi connectivity index (χ4n) is 4.93. The molecule has 1 fully saturated rings. The number of non-ortho nitro benzene ring substituents is 1. The number of piperidine rings is 1. The lowest BCUT2D eigenvalue weighted by Gasteiger charge is -2.44. The maximum absolute atomic E-state index is 12.9. The van der Waals surface area contributed by atoms with Crippen LogP contribution in [-0.2, 0) is 4.79 Å². The number of likely N-dealkylation sites (tertiary alicyclic amines) is 1. The van der Waals surface area contributed by atoms with Crippen molar-refractivity contribution in [2.75, 3.05) is 19.6 Å². The number of rotatable bonds is 3. The number of nitro benzene ring substituents is 1. The van der Waals surface area contributed by atoms with E-state index in [0.717, 1.165) is 22.6 Å². The molecular formula is C24H20ClN3O7. The van der Waals surface area contributed by atoms with E-state index in [1.54, 1.807) is 12.1 Å². The van der Waals surface area contributed by atoms with Crippen molar-refractivity contribution in [3.63, 3.8) is 0 Å². The van der Waals surface area contributed by atoms with E-state index in [1.165, 1.54) is 11.0 Å². The van der Waals surface area contributed by atoms with Gasteiger partial charge < -0.3 is 9.64 Å². The second-order valence-electron chi connectivity index (χ2n) is 9.05. The molecule has 5 rings (SSSR count). The number of carbonyl (C=O) groups excluding carboxylic acids is 4. The molecule has 1 spiro atoms. The molecule has 0 atom stereocenters. The Kier molecular flexibility index (Phi) is 5.36. The Labute approximate surface area is 204 Å². The van der Waals surface area contributed by atoms with Gasteiger partial charge >= 0.3 is 0 Å². The lowest BCUT2D eigenvalue weighted by atomic mass is 9.82. The summed E-state index contributed by atoms with van der Waals surface area (Å²) in [6, 6.07) is 6.78. The van der Waals surface area contributed by atoms with Crippen LogP contribution in [0.1, 0.15) is 55.9 Å². The van der Waals surface area contributed by atoms with Gasteiger partial charge in [0.25, 0.3) is 17.5 Å². The third kappa shape index (κ3) is 3.83. The normalized spacial score (nSPS) is 18.4. The first-order chi connectivity index (χ1) is 16.6. The number of nitro groups is 1. The first-order valence-electron chi connectivity index (χ1n) is 11.0. The van der Waals surface area contributed by atoms with Gasteiger partial charge in [0, 0.05) is 43.1 Å². The van der Waals surface area contributed by atoms with E-state index in [2.05, 4.69) is 0 Å². The summed E-state index contributed by atoms with van der Waals surface area (Å²) in [4.78, 5) is 63.8. The van der Waals surface area contributed by atoms with E-state index in [1.807, 2.05) is 6.92 Å². The molecule has 0 bridgehead atoms. The molecule has 0 radical (unpaired) electrons. The van der Waals surface area contributed by atoms with Crippen LogP contribution in [0.2, 0.25) is 5.02 Å². The molecule has 1 saturated heterocycles. The minimum atomic E-state index is -0.734. The SMILES string of the molecule is Cc1cc(Cl)cc2c1OC1(CCN(C(=O)CN3C(=O)c4ccc([N+](=O)[O-])cc4C3=O)CC1)CC2=O. The number of ketones is 1. The van der Waals surface area contributed by atoms with Gasteiger partial charge in [0.1, 0.15) is 17.9 Å². The Bertz CT molecular complexity index is 1330. The number of nitrogens with zero attached hydrogens (tertiary/aromatic N) is 3. The highest BCUT2D eigenvalue weighted by atomic mass is 35.5. The van der Waals surface area contributed by atoms with Gasteiger partial charge in [-0.05, 0) is 30.7 Å². The van der Waals surface area contributed by atoms with Crippen molar-refractivity contribution in [2.45, 2.75) is 31.8 Å². The van der Waals surface area contributed by atoms with Crippen molar-refractivity contribution < 1.29 is 28.8 Å². The number of hydrogen-bond acceptors (Lipinski definition) is 7. The molecule has 3 amide bonds. The molecule has 10 nitrogen and oxygen atoms in total. The predicted molar refractivity (Wildman–Crippen MR) is 123 cm³/mol. The molecule has 11 heteroatoms. The predicted octanol–water partition coefficient (Wildman–Crippen LogP) is 3.18. The van der Waals surface area contributed by atoms with Gasteiger partial charge in [-0.15, -0.1) is 0 Å². The van der Waals surface area contributed by atoms with E-state index in [4.69, 9.17) is 16.3 Å². The number of amides is 3. The molecule has 0 unspecified atom stereocenters. The van der Waals surface area contributed by atoms with E-state index in [0.29, 0.717) is 42.3 Å². The highest BCUT2D eigenvalue weighted by molar-refractivity contribution is 6.31. The molecule has 2 aromatic carbocycles. The summed E-state index contributed by atoms with van der Waals surface area (Å²) >= 11 is 6.09. The largest absolute Gasteiger partial charge is 0.486 e. The molecule has 3 heterocycles. The summed E-state index contributed by atoms with van der Waals surface area (Å²) in [6.07, 6.45) is 1.01. The molecule has 180 valence electrons. The van der Waals surface area contributed by atoms with Crippen LogP contribution in [-0.4, -0.2) is 63.5 Å². The number of hydrogen-bond donors (Lipinski definition) is 0. The number of aryl methyl sites for hydroxylation is 1. The van der Waals surface area contributed by atoms with Crippen LogP contribution in [0.5, 0.6) is 5.75 Å². The minimum absolute atomic E-state index is 0.0363. The Hall–Kier alpha value is -3.79. The second kappa shape index (κ2) is 8.16. The van der Waals surface area contributed by atoms with Crippen LogP contribution < -0.4 is 4.74 Å². The van der Waals surface area contributed by atoms with E-state index >= 15 is 0 Å². The van der Waals surface area contributed by atoms with Gasteiger partial charge in [0.2, 0.25) is 5.91 Å². The van der Waals surface area contributed by atoms with Crippen LogP contribution in [0, 0.1) is 17.0 Å². The maximum atomic E-state index is 12.9. The summed E-state index contributed by atoms with van der Waals surface area (Å²) < 4.78 is 6.29. The average Bonchev–Trinajstić information content (AvgIpc) is 3.05. The molecule has 35 heavy (non-hydrogen) atoms. The van der Waals surface area contributed by atoms with Gasteiger partial charge in [0.15, 0.2) is 5.78 Å². The van der Waals surface area contributed by atoms with E-state index in [9.17, 15) is 29.3 Å². The number of ether oxygens (including phenoxy) is 1. The minimum Gasteiger partial charge on any atom is -0.486 e. The van der Waals surface area contributed by atoms with Crippen LogP contribution in [0.4, 0.5) is 5.69 Å². The zero-order valence-corrected chi connectivity index (χ0v) is 19.5. The standard InChI is InChI=1S/C24H20ClN3O7/c1-13-8-14(25)9-18-19(29)11-24(35-21(13)18)4-6-26(7-5-24)20(30)12-27-22(31)16-3-2-15(28(33)34)10-17(16)23(27)32/h2-3,8-10H,4-7,11-12H2,1H3. The van der Waals surface area contributed by atoms with Crippen LogP contribution >= 0.6 is 11.6 Å². The number of carbonyl (C=O) groups is 4. The van der Waals surface area contributed by atoms with Gasteiger partial charge in [-0.25, -0.2) is 0 Å². The fourth-order valence-corrected chi connectivity index (χ4v) is 5.20. The number of halogens is 1. The van der Waals surface area contributed by atoms with Crippen LogP contribution in [0.15, 0.2) is 30.3 Å². The van der Waals surface area contributed by atoms with Crippen molar-refractivity contribution in [3.8, 4) is 5.75 Å². The molecule has 0 N–H and O–H groups in total. The third-order valence-electron chi connectivity index (χ3n) is 6.83. The summed E-state index contributed by atoms with van der Waals surface area (Å²) in [5.41, 5.74) is 0.148. The summed E-state index contributed by atoms with van der Waals surface area (Å²) in [5, 5.41) is 11.5. The number of imide groups is 1. The molecule has 0 aromatic heterocycles. The van der Waals surface area contributed by atoms with Crippen LogP contribution in [0.3, 0.4) is 0 Å². The monoisotopic (exact) mass is 497 g/mol. The second-order valence-corrected chi connectivity index (χ2v) is 9.49. The lowest BCUT2D eigenvalue weighted by Crippen LogP contribution is -2.54. The maximum Gasteiger partial charge on any atom is 0.270 e. The smallest absolute Gasteiger partial charge is 0.270 e. The van der Waals surface area contributed by atoms with E-state index in [-0.39, 0.29) is 29.0 Å². The number of benzene rings is 2. The Morgan fingerprint density at radius 3 is 2.46 bits per heavy atom. The first kappa shape index (κ1) is 23.0. The highest BCUT2D eigenvalue weighted by Crippen LogP contribution is 2.42. The third-order valence-corrected chi connectivity index (χ3v) is 7.05. The summed E-state index contributed by atoms with van der Waals surface area (Å²) in [7, 11) is 0. The molecule has 3 aliphatic rings. The molecule has 0 saturated carbocycles. The summed E-state index contributed by atoms with van der Waals surface area (Å²) in [5.74, 6) is -1.35. The van der Waals surface area contributed by atoms with Crippen LogP contribution in [0.25, 0.3) is 0 Å². The molecule has 2 aromatic rings. The number of Topliss-reactive ketones (excluding diaryl/α,β-unsaturated/α-hetero) is 1. The molecular weight excluding hydrogens is 478 g/mol. The van der Waals surface area contributed by atoms with Crippen molar-refractivity contribution in [1.29, 1.82) is 0 Å². The van der Waals surface area contributed by atoms with Gasteiger partial charge in [-0.1, -0.05) is 11.6 Å². The zero-order chi connectivity index (χ0) is 25.1. The quantitative estimate of drug-likeness (QED) is 0.362. The zero-order valence-electron chi connectivity index (χ0n) is 18.7. The Morgan fingerprint density at radius 1 is 1.09 bits per heavy atom. The number of fused-ring (bicyclic) bond motifs is 2. The topological polar surface area (TPSA) is 127 Å². The van der Waals surface area contributed by atoms with Gasteiger partial charge in [0.05, 0.1) is 28.0 Å². The van der Waals surface area contributed by atoms with Crippen molar-refractivity contribution in [2.24, 2.45) is 0 Å². The van der Waals surface area contributed by atoms with Crippen molar-refractivity contribution in [3.05, 3.63) is 67.7 Å². The van der Waals surface area contributed by atoms with Crippen molar-refractivity contribution in [1.82, 2.24) is 9.80 Å². The molecule has 3 aliphatic heterocycles. The highest BCUT2D eigenvalue weighted by Gasteiger charge is 2.45. The van der Waals surface area contributed by atoms with E-state index < -0.39 is 34.8 Å².